The van der Waals surface area contributed by atoms with E-state index in [9.17, 15) is 25.0 Å². The molecule has 0 aromatic heterocycles. The Morgan fingerprint density at radius 2 is 1.21 bits per heavy atom. The largest absolute Gasteiger partial charge is 0.456 e. The highest BCUT2D eigenvalue weighted by Gasteiger charge is 2.16. The van der Waals surface area contributed by atoms with E-state index in [1.54, 1.807) is 18.2 Å². The number of carbonyl (C=O) groups is 1. The number of rotatable bonds is 6. The van der Waals surface area contributed by atoms with Crippen LogP contribution in [0.4, 0.5) is 11.4 Å². The van der Waals surface area contributed by atoms with Crippen molar-refractivity contribution >= 4 is 17.3 Å². The van der Waals surface area contributed by atoms with Crippen LogP contribution in [0.15, 0.2) is 72.8 Å². The second-order valence-corrected chi connectivity index (χ2v) is 5.49. The summed E-state index contributed by atoms with van der Waals surface area (Å²) in [6, 6.07) is 16.8. The van der Waals surface area contributed by atoms with Gasteiger partial charge >= 0.3 is 5.97 Å². The number of nitrogens with zero attached hydrogens (tertiary/aromatic N) is 2. The molecule has 0 amide bonds. The van der Waals surface area contributed by atoms with E-state index >= 15 is 0 Å². The Morgan fingerprint density at radius 3 is 1.75 bits per heavy atom. The van der Waals surface area contributed by atoms with Crippen LogP contribution in [0, 0.1) is 20.2 Å². The Hall–Kier alpha value is -4.27. The SMILES string of the molecule is O=C(Oc1ccc([N+](=O)[O-])cc1)c1ccccc1Oc1ccc([N+](=O)[O-])cc1. The first-order chi connectivity index (χ1) is 13.4. The van der Waals surface area contributed by atoms with E-state index in [1.165, 1.54) is 54.6 Å². The fourth-order valence-corrected chi connectivity index (χ4v) is 2.29. The van der Waals surface area contributed by atoms with Gasteiger partial charge in [-0.3, -0.25) is 20.2 Å². The van der Waals surface area contributed by atoms with E-state index in [-0.39, 0.29) is 28.4 Å². The van der Waals surface area contributed by atoms with E-state index < -0.39 is 15.8 Å². The van der Waals surface area contributed by atoms with Gasteiger partial charge in [-0.25, -0.2) is 4.79 Å². The molecule has 9 heteroatoms. The molecule has 9 nitrogen and oxygen atoms in total. The van der Waals surface area contributed by atoms with Crippen molar-refractivity contribution in [3.05, 3.63) is 98.6 Å². The molecular formula is C19H12N2O7. The molecule has 3 rings (SSSR count). The smallest absolute Gasteiger partial charge is 0.347 e. The minimum atomic E-state index is -0.716. The summed E-state index contributed by atoms with van der Waals surface area (Å²) in [5.74, 6) is -0.0726. The minimum absolute atomic E-state index is 0.0850. The average Bonchev–Trinajstić information content (AvgIpc) is 2.69. The quantitative estimate of drug-likeness (QED) is 0.267. The molecule has 3 aromatic carbocycles. The highest BCUT2D eigenvalue weighted by Crippen LogP contribution is 2.28. The summed E-state index contributed by atoms with van der Waals surface area (Å²) in [7, 11) is 0. The first-order valence-corrected chi connectivity index (χ1v) is 7.92. The maximum absolute atomic E-state index is 12.5. The Bertz CT molecular complexity index is 1030. The van der Waals surface area contributed by atoms with E-state index in [1.807, 2.05) is 0 Å². The van der Waals surface area contributed by atoms with Gasteiger partial charge in [0.15, 0.2) is 0 Å². The summed E-state index contributed by atoms with van der Waals surface area (Å²) in [5.41, 5.74) is -0.0841. The fourth-order valence-electron chi connectivity index (χ4n) is 2.29. The molecule has 0 saturated heterocycles. The molecule has 0 radical (unpaired) electrons. The third-order valence-corrected chi connectivity index (χ3v) is 3.64. The van der Waals surface area contributed by atoms with Crippen molar-refractivity contribution in [2.45, 2.75) is 0 Å². The molecule has 140 valence electrons. The van der Waals surface area contributed by atoms with Crippen LogP contribution in [0.2, 0.25) is 0 Å². The van der Waals surface area contributed by atoms with Crippen molar-refractivity contribution in [2.24, 2.45) is 0 Å². The van der Waals surface area contributed by atoms with Gasteiger partial charge in [-0.1, -0.05) is 12.1 Å². The van der Waals surface area contributed by atoms with E-state index in [0.29, 0.717) is 5.75 Å². The van der Waals surface area contributed by atoms with Gasteiger partial charge in [-0.05, 0) is 36.4 Å². The number of hydrogen-bond donors (Lipinski definition) is 0. The predicted molar refractivity (Wildman–Crippen MR) is 97.7 cm³/mol. The van der Waals surface area contributed by atoms with Crippen LogP contribution in [-0.2, 0) is 0 Å². The number of para-hydroxylation sites is 1. The molecule has 0 aliphatic carbocycles. The topological polar surface area (TPSA) is 122 Å². The lowest BCUT2D eigenvalue weighted by Gasteiger charge is -2.10. The molecule has 0 N–H and O–H groups in total. The minimum Gasteiger partial charge on any atom is -0.456 e. The Balaban J connectivity index is 1.78. The number of non-ortho nitro benzene ring substituents is 2. The molecule has 0 saturated carbocycles. The Labute approximate surface area is 158 Å². The van der Waals surface area contributed by atoms with Crippen molar-refractivity contribution in [3.8, 4) is 17.2 Å². The van der Waals surface area contributed by atoms with Gasteiger partial charge in [0.25, 0.3) is 11.4 Å². The molecule has 0 heterocycles. The molecule has 0 unspecified atom stereocenters. The van der Waals surface area contributed by atoms with Gasteiger partial charge < -0.3 is 9.47 Å². The number of ether oxygens (including phenoxy) is 2. The third kappa shape index (κ3) is 4.28. The maximum Gasteiger partial charge on any atom is 0.347 e. The van der Waals surface area contributed by atoms with Crippen LogP contribution in [0.5, 0.6) is 17.2 Å². The van der Waals surface area contributed by atoms with Crippen molar-refractivity contribution < 1.29 is 24.1 Å². The van der Waals surface area contributed by atoms with Crippen LogP contribution >= 0.6 is 0 Å². The second kappa shape index (κ2) is 7.96. The van der Waals surface area contributed by atoms with Gasteiger partial charge in [-0.2, -0.15) is 0 Å². The van der Waals surface area contributed by atoms with Gasteiger partial charge in [-0.15, -0.1) is 0 Å². The van der Waals surface area contributed by atoms with Crippen molar-refractivity contribution in [1.82, 2.24) is 0 Å². The lowest BCUT2D eigenvalue weighted by molar-refractivity contribution is -0.385. The highest BCUT2D eigenvalue weighted by atomic mass is 16.6. The van der Waals surface area contributed by atoms with Crippen molar-refractivity contribution in [2.75, 3.05) is 0 Å². The monoisotopic (exact) mass is 380 g/mol. The van der Waals surface area contributed by atoms with Crippen molar-refractivity contribution in [1.29, 1.82) is 0 Å². The van der Waals surface area contributed by atoms with E-state index in [0.717, 1.165) is 0 Å². The van der Waals surface area contributed by atoms with Gasteiger partial charge in [0.1, 0.15) is 22.8 Å². The summed E-state index contributed by atoms with van der Waals surface area (Å²) in [4.78, 5) is 32.8. The fraction of sp³-hybridized carbons (Fsp3) is 0. The van der Waals surface area contributed by atoms with E-state index in [2.05, 4.69) is 0 Å². The zero-order valence-electron chi connectivity index (χ0n) is 14.2. The van der Waals surface area contributed by atoms with Crippen LogP contribution in [0.25, 0.3) is 0 Å². The number of benzene rings is 3. The maximum atomic E-state index is 12.5. The molecular weight excluding hydrogens is 368 g/mol. The number of nitro benzene ring substituents is 2. The zero-order chi connectivity index (χ0) is 20.1. The first-order valence-electron chi connectivity index (χ1n) is 7.92. The number of carbonyl (C=O) groups excluding carboxylic acids is 1. The highest BCUT2D eigenvalue weighted by molar-refractivity contribution is 5.94. The Morgan fingerprint density at radius 1 is 0.714 bits per heavy atom. The average molecular weight is 380 g/mol. The van der Waals surface area contributed by atoms with Crippen LogP contribution in [0.3, 0.4) is 0 Å². The van der Waals surface area contributed by atoms with Crippen LogP contribution < -0.4 is 9.47 Å². The molecule has 0 aliphatic rings. The summed E-state index contributed by atoms with van der Waals surface area (Å²) < 4.78 is 10.9. The van der Waals surface area contributed by atoms with E-state index in [4.69, 9.17) is 9.47 Å². The zero-order valence-corrected chi connectivity index (χ0v) is 14.2. The molecule has 0 fully saturated rings. The molecule has 0 aliphatic heterocycles. The summed E-state index contributed by atoms with van der Waals surface area (Å²) in [5, 5.41) is 21.4. The number of nitro groups is 2. The lowest BCUT2D eigenvalue weighted by atomic mass is 10.2. The Kier molecular flexibility index (Phi) is 5.26. The van der Waals surface area contributed by atoms with Gasteiger partial charge in [0.2, 0.25) is 0 Å². The normalized spacial score (nSPS) is 10.1. The third-order valence-electron chi connectivity index (χ3n) is 3.64. The van der Waals surface area contributed by atoms with Crippen molar-refractivity contribution in [3.63, 3.8) is 0 Å². The standard InChI is InChI=1S/C19H12N2O7/c22-19(28-16-11-7-14(8-12-16)21(25)26)17-3-1-2-4-18(17)27-15-9-5-13(6-10-15)20(23)24/h1-12H. The van der Waals surface area contributed by atoms with Crippen LogP contribution in [-0.4, -0.2) is 15.8 Å². The molecule has 0 atom stereocenters. The van der Waals surface area contributed by atoms with Gasteiger partial charge in [0, 0.05) is 24.3 Å². The van der Waals surface area contributed by atoms with Crippen LogP contribution in [0.1, 0.15) is 10.4 Å². The summed E-state index contributed by atoms with van der Waals surface area (Å²) in [6.45, 7) is 0. The predicted octanol–water partition coefficient (Wildman–Crippen LogP) is 4.51. The molecule has 0 spiro atoms. The first kappa shape index (κ1) is 18.5. The lowest BCUT2D eigenvalue weighted by Crippen LogP contribution is -2.10. The second-order valence-electron chi connectivity index (χ2n) is 5.49. The van der Waals surface area contributed by atoms with Gasteiger partial charge in [0.05, 0.1) is 9.85 Å². The molecule has 3 aromatic rings. The summed E-state index contributed by atoms with van der Waals surface area (Å²) in [6.07, 6.45) is 0. The molecule has 0 bridgehead atoms. The number of esters is 1. The number of hydrogen-bond acceptors (Lipinski definition) is 7. The molecule has 28 heavy (non-hydrogen) atoms. The summed E-state index contributed by atoms with van der Waals surface area (Å²) >= 11 is 0.